The average molecular weight is 407 g/mol. The van der Waals surface area contributed by atoms with Crippen molar-refractivity contribution in [2.45, 2.75) is 102 Å². The van der Waals surface area contributed by atoms with Crippen LogP contribution in [0.15, 0.2) is 0 Å². The van der Waals surface area contributed by atoms with E-state index in [0.29, 0.717) is 6.10 Å². The molecular formula is C24H46N4O. The Hall–Kier alpha value is -0.200. The summed E-state index contributed by atoms with van der Waals surface area (Å²) in [5.41, 5.74) is 6.52. The Morgan fingerprint density at radius 3 is 2.59 bits per heavy atom. The van der Waals surface area contributed by atoms with Crippen molar-refractivity contribution in [1.82, 2.24) is 21.5 Å². The van der Waals surface area contributed by atoms with E-state index in [9.17, 15) is 0 Å². The lowest BCUT2D eigenvalue weighted by atomic mass is 9.78. The second-order valence-corrected chi connectivity index (χ2v) is 10.3. The minimum atomic E-state index is 0.265. The number of fused-ring (bicyclic) bond motifs is 1. The molecule has 2 saturated heterocycles. The van der Waals surface area contributed by atoms with Gasteiger partial charge in [-0.3, -0.25) is 5.43 Å². The Labute approximate surface area is 178 Å². The summed E-state index contributed by atoms with van der Waals surface area (Å²) >= 11 is 0. The van der Waals surface area contributed by atoms with Crippen molar-refractivity contribution in [3.8, 4) is 0 Å². The zero-order valence-electron chi connectivity index (χ0n) is 18.8. The Balaban J connectivity index is 1.00. The summed E-state index contributed by atoms with van der Waals surface area (Å²) < 4.78 is 5.73. The van der Waals surface area contributed by atoms with Gasteiger partial charge in [-0.15, -0.1) is 0 Å². The molecule has 0 aromatic carbocycles. The molecule has 168 valence electrons. The Morgan fingerprint density at radius 1 is 0.897 bits per heavy atom. The maximum Gasteiger partial charge on any atom is 0.147 e. The van der Waals surface area contributed by atoms with Gasteiger partial charge in [0, 0.05) is 12.6 Å². The first kappa shape index (κ1) is 22.0. The molecule has 5 nitrogen and oxygen atoms in total. The summed E-state index contributed by atoms with van der Waals surface area (Å²) in [7, 11) is 0. The second-order valence-electron chi connectivity index (χ2n) is 10.3. The van der Waals surface area contributed by atoms with Gasteiger partial charge in [-0.05, 0) is 94.7 Å². The lowest BCUT2D eigenvalue weighted by Gasteiger charge is -2.30. The second kappa shape index (κ2) is 11.4. The summed E-state index contributed by atoms with van der Waals surface area (Å²) in [5, 5.41) is 7.62. The summed E-state index contributed by atoms with van der Waals surface area (Å²) in [6, 6.07) is 0.851. The van der Waals surface area contributed by atoms with E-state index in [1.165, 1.54) is 90.3 Å². The highest BCUT2D eigenvalue weighted by Gasteiger charge is 2.39. The summed E-state index contributed by atoms with van der Waals surface area (Å²) in [6.45, 7) is 6.96. The highest BCUT2D eigenvalue weighted by molar-refractivity contribution is 4.92. The summed E-state index contributed by atoms with van der Waals surface area (Å²) in [4.78, 5) is 0. The number of nitrogens with one attached hydrogen (secondary N) is 4. The van der Waals surface area contributed by atoms with E-state index in [4.69, 9.17) is 4.74 Å². The van der Waals surface area contributed by atoms with Crippen molar-refractivity contribution in [2.24, 2.45) is 23.7 Å². The first-order valence-electron chi connectivity index (χ1n) is 12.9. The van der Waals surface area contributed by atoms with Crippen molar-refractivity contribution >= 4 is 0 Å². The molecule has 0 radical (unpaired) electrons. The van der Waals surface area contributed by atoms with Crippen LogP contribution >= 0.6 is 0 Å². The van der Waals surface area contributed by atoms with Crippen LogP contribution in [0.3, 0.4) is 0 Å². The number of hydrogen-bond donors (Lipinski definition) is 4. The van der Waals surface area contributed by atoms with E-state index in [1.807, 2.05) is 0 Å². The van der Waals surface area contributed by atoms with E-state index in [2.05, 4.69) is 28.4 Å². The van der Waals surface area contributed by atoms with Crippen molar-refractivity contribution in [2.75, 3.05) is 26.2 Å². The van der Waals surface area contributed by atoms with Crippen LogP contribution in [0.4, 0.5) is 0 Å². The highest BCUT2D eigenvalue weighted by atomic mass is 16.6. The molecule has 2 heterocycles. The zero-order chi connectivity index (χ0) is 19.9. The molecule has 2 aliphatic heterocycles. The number of ether oxygens (including phenoxy) is 1. The van der Waals surface area contributed by atoms with E-state index < -0.39 is 0 Å². The van der Waals surface area contributed by atoms with E-state index in [0.717, 1.165) is 42.7 Å². The van der Waals surface area contributed by atoms with Gasteiger partial charge in [-0.2, -0.15) is 0 Å². The molecule has 0 spiro atoms. The molecule has 0 aromatic rings. The fourth-order valence-corrected chi connectivity index (χ4v) is 6.25. The minimum absolute atomic E-state index is 0.265. The molecule has 29 heavy (non-hydrogen) atoms. The van der Waals surface area contributed by atoms with E-state index in [-0.39, 0.29) is 6.23 Å². The predicted molar refractivity (Wildman–Crippen MR) is 119 cm³/mol. The summed E-state index contributed by atoms with van der Waals surface area (Å²) in [6.07, 6.45) is 17.4. The molecule has 4 rings (SSSR count). The molecule has 0 bridgehead atoms. The third-order valence-electron chi connectivity index (χ3n) is 8.22. The molecule has 5 atom stereocenters. The van der Waals surface area contributed by atoms with Gasteiger partial charge < -0.3 is 15.4 Å². The van der Waals surface area contributed by atoms with Crippen LogP contribution in [0.1, 0.15) is 84.0 Å². The molecule has 2 aliphatic carbocycles. The molecule has 0 aromatic heterocycles. The van der Waals surface area contributed by atoms with Gasteiger partial charge in [-0.25, -0.2) is 5.43 Å². The van der Waals surface area contributed by atoms with Crippen LogP contribution in [0, 0.1) is 23.7 Å². The fraction of sp³-hybridized carbons (Fsp3) is 1.00. The zero-order valence-corrected chi connectivity index (χ0v) is 18.8. The lowest BCUT2D eigenvalue weighted by Crippen LogP contribution is -2.35. The normalized spacial score (nSPS) is 39.4. The molecule has 4 aliphatic rings. The molecule has 5 unspecified atom stereocenters. The van der Waals surface area contributed by atoms with E-state index in [1.54, 1.807) is 0 Å². The Kier molecular flexibility index (Phi) is 8.67. The van der Waals surface area contributed by atoms with Crippen molar-refractivity contribution in [3.05, 3.63) is 0 Å². The molecule has 2 saturated carbocycles. The molecule has 4 N–H and O–H groups in total. The van der Waals surface area contributed by atoms with Crippen molar-refractivity contribution < 1.29 is 4.74 Å². The average Bonchev–Trinajstić information content (AvgIpc) is 3.38. The predicted octanol–water partition coefficient (Wildman–Crippen LogP) is 3.56. The van der Waals surface area contributed by atoms with Gasteiger partial charge in [-0.1, -0.05) is 32.6 Å². The summed E-state index contributed by atoms with van der Waals surface area (Å²) in [5.74, 6) is 3.77. The largest absolute Gasteiger partial charge is 0.352 e. The van der Waals surface area contributed by atoms with Gasteiger partial charge in [0.05, 0.1) is 0 Å². The number of hydrazine groups is 1. The lowest BCUT2D eigenvalue weighted by molar-refractivity contribution is 0.240. The topological polar surface area (TPSA) is 60.6 Å². The first-order chi connectivity index (χ1) is 14.3. The van der Waals surface area contributed by atoms with Crippen molar-refractivity contribution in [3.63, 3.8) is 0 Å². The van der Waals surface area contributed by atoms with Crippen LogP contribution in [0.5, 0.6) is 0 Å². The number of epoxide rings is 1. The molecule has 4 fully saturated rings. The van der Waals surface area contributed by atoms with Crippen LogP contribution in [-0.4, -0.2) is 44.6 Å². The SMILES string of the molecule is CCCNNC1OC1CCC1CCC(CNCCC2CNC3CCCCC23)CC1. The minimum Gasteiger partial charge on any atom is -0.352 e. The number of rotatable bonds is 12. The quantitative estimate of drug-likeness (QED) is 0.227. The molecular weight excluding hydrogens is 360 g/mol. The van der Waals surface area contributed by atoms with Gasteiger partial charge >= 0.3 is 0 Å². The first-order valence-corrected chi connectivity index (χ1v) is 12.9. The molecule has 5 heteroatoms. The Bertz CT molecular complexity index is 468. The van der Waals surface area contributed by atoms with Crippen LogP contribution < -0.4 is 21.5 Å². The van der Waals surface area contributed by atoms with Gasteiger partial charge in [0.25, 0.3) is 0 Å². The maximum absolute atomic E-state index is 5.73. The molecule has 0 amide bonds. The van der Waals surface area contributed by atoms with Crippen LogP contribution in [-0.2, 0) is 4.74 Å². The monoisotopic (exact) mass is 406 g/mol. The maximum atomic E-state index is 5.73. The standard InChI is InChI=1S/C24H46N4O/c1-2-14-27-28-24-23(29-24)12-11-18-7-9-19(10-8-18)16-25-15-13-20-17-26-22-6-4-3-5-21(20)22/h18-28H,2-17H2,1H3. The fourth-order valence-electron chi connectivity index (χ4n) is 6.25. The van der Waals surface area contributed by atoms with Gasteiger partial charge in [0.15, 0.2) is 0 Å². The Morgan fingerprint density at radius 2 is 1.72 bits per heavy atom. The highest BCUT2D eigenvalue weighted by Crippen LogP contribution is 2.36. The van der Waals surface area contributed by atoms with Crippen LogP contribution in [0.25, 0.3) is 0 Å². The number of hydrogen-bond acceptors (Lipinski definition) is 5. The van der Waals surface area contributed by atoms with Gasteiger partial charge in [0.2, 0.25) is 0 Å². The third-order valence-corrected chi connectivity index (χ3v) is 8.22. The van der Waals surface area contributed by atoms with Crippen molar-refractivity contribution in [1.29, 1.82) is 0 Å². The van der Waals surface area contributed by atoms with Crippen LogP contribution in [0.2, 0.25) is 0 Å². The van der Waals surface area contributed by atoms with E-state index >= 15 is 0 Å². The smallest absolute Gasteiger partial charge is 0.147 e. The third kappa shape index (κ3) is 6.64. The van der Waals surface area contributed by atoms with Gasteiger partial charge in [0.1, 0.15) is 12.3 Å².